The normalized spacial score (nSPS) is 37.1. The van der Waals surface area contributed by atoms with E-state index in [0.717, 1.165) is 19.3 Å². The fourth-order valence-electron chi connectivity index (χ4n) is 4.79. The molecule has 0 spiro atoms. The summed E-state index contributed by atoms with van der Waals surface area (Å²) in [5.74, 6) is 1.42. The van der Waals surface area contributed by atoms with Crippen LogP contribution >= 0.6 is 18.9 Å². The molecular formula is C16H32O4P2. The maximum atomic E-state index is 11.5. The zero-order chi connectivity index (χ0) is 15.5. The van der Waals surface area contributed by atoms with Gasteiger partial charge in [0, 0.05) is 34.1 Å². The molecule has 0 N–H and O–H groups in total. The molecule has 3 aliphatic rings. The van der Waals surface area contributed by atoms with Crippen molar-refractivity contribution in [2.45, 2.75) is 76.1 Å². The third-order valence-electron chi connectivity index (χ3n) is 5.96. The summed E-state index contributed by atoms with van der Waals surface area (Å²) < 4.78 is 16.7. The molecule has 130 valence electrons. The van der Waals surface area contributed by atoms with Crippen LogP contribution in [0.25, 0.3) is 0 Å². The van der Waals surface area contributed by atoms with Crippen molar-refractivity contribution < 1.29 is 21.4 Å². The molecule has 7 atom stereocenters. The number of fused-ring (bicyclic) bond motifs is 1. The fraction of sp³-hybridized carbons (Fsp3) is 0.938. The van der Waals surface area contributed by atoms with Crippen LogP contribution < -0.4 is 0 Å². The molecule has 22 heavy (non-hydrogen) atoms. The second kappa shape index (κ2) is 7.88. The number of hydrogen-bond acceptors (Lipinski definition) is 4. The molecule has 3 fully saturated rings. The van der Waals surface area contributed by atoms with Crippen molar-refractivity contribution in [2.75, 3.05) is 0 Å². The fourth-order valence-corrected chi connectivity index (χ4v) is 5.46. The number of hydrogen-bond donors (Lipinski definition) is 0. The van der Waals surface area contributed by atoms with E-state index < -0.39 is 0 Å². The molecule has 0 amide bonds. The second-order valence-corrected chi connectivity index (χ2v) is 7.66. The van der Waals surface area contributed by atoms with Gasteiger partial charge in [-0.25, -0.2) is 0 Å². The molecule has 1 heterocycles. The second-order valence-electron chi connectivity index (χ2n) is 7.12. The van der Waals surface area contributed by atoms with Crippen molar-refractivity contribution >= 4 is 24.9 Å². The number of carbonyl (C=O) groups excluding carboxylic acids is 1. The van der Waals surface area contributed by atoms with Gasteiger partial charge in [-0.1, -0.05) is 19.3 Å². The topological polar surface area (TPSA) is 44.8 Å². The van der Waals surface area contributed by atoms with Crippen LogP contribution in [0.3, 0.4) is 0 Å². The lowest BCUT2D eigenvalue weighted by molar-refractivity contribution is -0.141. The first-order valence-corrected chi connectivity index (χ1v) is 9.57. The van der Waals surface area contributed by atoms with Gasteiger partial charge in [0.25, 0.3) is 0 Å². The Morgan fingerprint density at radius 1 is 1.27 bits per heavy atom. The molecule has 0 radical (unpaired) electrons. The van der Waals surface area contributed by atoms with E-state index in [4.69, 9.17) is 13.8 Å². The van der Waals surface area contributed by atoms with E-state index in [-0.39, 0.29) is 21.0 Å². The maximum absolute atomic E-state index is 11.5. The van der Waals surface area contributed by atoms with Gasteiger partial charge in [0.05, 0.1) is 18.6 Å². The minimum Gasteiger partial charge on any atom is -0.462 e. The van der Waals surface area contributed by atoms with Gasteiger partial charge in [0.2, 0.25) is 0 Å². The van der Waals surface area contributed by atoms with E-state index in [1.54, 1.807) is 0 Å². The van der Waals surface area contributed by atoms with E-state index >= 15 is 0 Å². The van der Waals surface area contributed by atoms with Crippen molar-refractivity contribution in [1.82, 2.24) is 0 Å². The highest BCUT2D eigenvalue weighted by Crippen LogP contribution is 2.46. The molecule has 3 rings (SSSR count). The Labute approximate surface area is 141 Å². The monoisotopic (exact) mass is 354 g/mol. The van der Waals surface area contributed by atoms with Crippen LogP contribution in [0.2, 0.25) is 0 Å². The van der Waals surface area contributed by atoms with Crippen molar-refractivity contribution in [3.8, 4) is 0 Å². The molecule has 6 heteroatoms. The minimum absolute atomic E-state index is 0. The van der Waals surface area contributed by atoms with Gasteiger partial charge in [-0.15, -0.1) is 0 Å². The Morgan fingerprint density at radius 2 is 2.05 bits per heavy atom. The highest BCUT2D eigenvalue weighted by Gasteiger charge is 2.50. The van der Waals surface area contributed by atoms with E-state index in [0.29, 0.717) is 30.3 Å². The lowest BCUT2D eigenvalue weighted by Gasteiger charge is -2.31. The van der Waals surface area contributed by atoms with Gasteiger partial charge in [-0.2, -0.15) is 0 Å². The minimum atomic E-state index is -0.0340. The number of rotatable bonds is 6. The number of carbonyl (C=O) groups is 1. The maximum Gasteiger partial charge on any atom is 0.306 e. The summed E-state index contributed by atoms with van der Waals surface area (Å²) in [6.07, 6.45) is 10.8. The lowest BCUT2D eigenvalue weighted by atomic mass is 9.81. The Morgan fingerprint density at radius 3 is 2.73 bits per heavy atom. The van der Waals surface area contributed by atoms with Gasteiger partial charge in [0.1, 0.15) is 6.10 Å². The summed E-state index contributed by atoms with van der Waals surface area (Å²) in [6, 6.07) is 0. The van der Waals surface area contributed by atoms with Crippen molar-refractivity contribution in [3.63, 3.8) is 0 Å². The predicted octanol–water partition coefficient (Wildman–Crippen LogP) is 4.14. The van der Waals surface area contributed by atoms with Crippen LogP contribution in [-0.4, -0.2) is 24.3 Å². The smallest absolute Gasteiger partial charge is 0.306 e. The Bertz CT molecular complexity index is 396. The van der Waals surface area contributed by atoms with Gasteiger partial charge in [0.15, 0.2) is 0 Å². The van der Waals surface area contributed by atoms with Crippen LogP contribution in [-0.2, 0) is 18.6 Å². The highest BCUT2D eigenvalue weighted by molar-refractivity contribution is 7.10. The van der Waals surface area contributed by atoms with Crippen LogP contribution in [0, 0.1) is 17.8 Å². The zero-order valence-electron chi connectivity index (χ0n) is 13.1. The van der Waals surface area contributed by atoms with E-state index in [9.17, 15) is 4.79 Å². The first-order valence-electron chi connectivity index (χ1n) is 8.63. The third-order valence-corrected chi connectivity index (χ3v) is 6.66. The van der Waals surface area contributed by atoms with Crippen molar-refractivity contribution in [2.24, 2.45) is 17.8 Å². The van der Waals surface area contributed by atoms with Crippen molar-refractivity contribution in [1.29, 1.82) is 0 Å². The standard InChI is InChI=1S/C16H28O4P2.2H2/c17-16-8-12-11(15(20-22)9-14(12)18-16)6-7-13(19-21)10-4-2-1-3-5-10;;/h10-15H,1-9,21-22H2;2*1H/t11-,12-,13?,14?,15?;;/m1../s1/i;2*1+2. The molecular weight excluding hydrogens is 318 g/mol. The number of esters is 1. The molecule has 0 aromatic rings. The number of ether oxygens (including phenoxy) is 1. The Balaban J connectivity index is 0.00000144. The van der Waals surface area contributed by atoms with Crippen LogP contribution in [0.15, 0.2) is 0 Å². The summed E-state index contributed by atoms with van der Waals surface area (Å²) in [7, 11) is 4.87. The van der Waals surface area contributed by atoms with E-state index in [1.165, 1.54) is 32.1 Å². The Kier molecular flexibility index (Phi) is 6.12. The van der Waals surface area contributed by atoms with Gasteiger partial charge >= 0.3 is 5.97 Å². The molecule has 2 aliphatic carbocycles. The first-order chi connectivity index (χ1) is 10.7. The predicted molar refractivity (Wildman–Crippen MR) is 95.3 cm³/mol. The molecule has 0 bridgehead atoms. The summed E-state index contributed by atoms with van der Waals surface area (Å²) in [6.45, 7) is 0. The first kappa shape index (κ1) is 17.1. The summed E-state index contributed by atoms with van der Waals surface area (Å²) in [5.41, 5.74) is 0. The highest BCUT2D eigenvalue weighted by atomic mass is 31.0. The average molecular weight is 354 g/mol. The molecule has 4 nitrogen and oxygen atoms in total. The van der Waals surface area contributed by atoms with E-state index in [2.05, 4.69) is 18.9 Å². The van der Waals surface area contributed by atoms with Crippen LogP contribution in [0.4, 0.5) is 0 Å². The summed E-state index contributed by atoms with van der Waals surface area (Å²) >= 11 is 0. The van der Waals surface area contributed by atoms with Gasteiger partial charge < -0.3 is 13.8 Å². The lowest BCUT2D eigenvalue weighted by Crippen LogP contribution is -2.27. The van der Waals surface area contributed by atoms with Gasteiger partial charge in [-0.3, -0.25) is 4.79 Å². The molecule has 0 aromatic heterocycles. The summed E-state index contributed by atoms with van der Waals surface area (Å²) in [4.78, 5) is 11.5. The third kappa shape index (κ3) is 3.66. The largest absolute Gasteiger partial charge is 0.462 e. The quantitative estimate of drug-likeness (QED) is 0.531. The van der Waals surface area contributed by atoms with Crippen LogP contribution in [0.5, 0.6) is 0 Å². The SMILES string of the molecule is O=C1C[C@H]2C(CC(OP)[C@@H]2CCC(OP)C2CCCCC2)O1.[3HH].[3HH]. The zero-order valence-corrected chi connectivity index (χ0v) is 15.4. The van der Waals surface area contributed by atoms with Gasteiger partial charge in [-0.05, 0) is 37.5 Å². The summed E-state index contributed by atoms with van der Waals surface area (Å²) in [5, 5.41) is 0. The molecule has 1 saturated heterocycles. The molecule has 5 unspecified atom stereocenters. The van der Waals surface area contributed by atoms with Crippen LogP contribution in [0.1, 0.15) is 60.6 Å². The molecule has 2 saturated carbocycles. The average Bonchev–Trinajstić information content (AvgIpc) is 3.05. The Hall–Kier alpha value is 0.250. The van der Waals surface area contributed by atoms with E-state index in [1.807, 2.05) is 0 Å². The molecule has 0 aromatic carbocycles. The molecule has 1 aliphatic heterocycles. The van der Waals surface area contributed by atoms with Crippen molar-refractivity contribution in [3.05, 3.63) is 0 Å².